The van der Waals surface area contributed by atoms with E-state index in [0.29, 0.717) is 10.7 Å². The summed E-state index contributed by atoms with van der Waals surface area (Å²) in [5.74, 6) is -0.204. The number of benzene rings is 3. The minimum absolute atomic E-state index is 0.204. The lowest BCUT2D eigenvalue weighted by atomic mass is 10.0. The lowest BCUT2D eigenvalue weighted by molar-refractivity contribution is 0.102. The quantitative estimate of drug-likeness (QED) is 0.249. The zero-order valence-electron chi connectivity index (χ0n) is 19.9. The first-order valence-electron chi connectivity index (χ1n) is 11.3. The number of hydrogen-bond donors (Lipinski definition) is 1. The van der Waals surface area contributed by atoms with Crippen LogP contribution in [0.4, 0.5) is 5.13 Å². The summed E-state index contributed by atoms with van der Waals surface area (Å²) in [6.45, 7) is 8.28. The molecule has 0 aliphatic rings. The number of aromatic nitrogens is 2. The predicted octanol–water partition coefficient (Wildman–Crippen LogP) is 8.27. The molecule has 2 heterocycles. The average molecular weight is 543 g/mol. The van der Waals surface area contributed by atoms with Crippen LogP contribution in [0.25, 0.3) is 33.4 Å². The van der Waals surface area contributed by atoms with Gasteiger partial charge in [-0.3, -0.25) is 10.1 Å². The molecule has 0 spiro atoms. The third-order valence-corrected chi connectivity index (χ3v) is 7.51. The molecular formula is C29H24BrN3OS. The second-order valence-electron chi connectivity index (χ2n) is 8.76. The largest absolute Gasteiger partial charge is 0.298 e. The van der Waals surface area contributed by atoms with Crippen molar-refractivity contribution in [2.24, 2.45) is 0 Å². The van der Waals surface area contributed by atoms with Gasteiger partial charge in [-0.2, -0.15) is 0 Å². The molecule has 5 aromatic rings. The summed E-state index contributed by atoms with van der Waals surface area (Å²) in [4.78, 5) is 24.2. The number of aryl methyl sites for hydroxylation is 4. The first kappa shape index (κ1) is 23.4. The van der Waals surface area contributed by atoms with Gasteiger partial charge in [0.1, 0.15) is 0 Å². The number of nitrogens with zero attached hydrogens (tertiary/aromatic N) is 2. The zero-order chi connectivity index (χ0) is 24.7. The van der Waals surface area contributed by atoms with Crippen LogP contribution in [0.5, 0.6) is 0 Å². The van der Waals surface area contributed by atoms with Gasteiger partial charge in [-0.1, -0.05) is 51.8 Å². The standard InChI is InChI=1S/C29H24BrN3OS/c1-16-6-5-7-20(12-16)26-15-24(23-14-22(30)10-11-25(23)31-26)28(34)33-29-32-27(19(4)35-29)21-9-8-17(2)18(3)13-21/h5-15H,1-4H3,(H,32,33,34). The molecule has 3 aromatic carbocycles. The maximum absolute atomic E-state index is 13.6. The third kappa shape index (κ3) is 4.77. The van der Waals surface area contributed by atoms with Gasteiger partial charge in [0.15, 0.2) is 5.13 Å². The van der Waals surface area contributed by atoms with Crippen LogP contribution in [0.2, 0.25) is 0 Å². The molecule has 0 bridgehead atoms. The number of nitrogens with one attached hydrogen (secondary N) is 1. The molecule has 0 aliphatic heterocycles. The van der Waals surface area contributed by atoms with Crippen molar-refractivity contribution in [2.75, 3.05) is 5.32 Å². The van der Waals surface area contributed by atoms with Crippen molar-refractivity contribution in [2.45, 2.75) is 27.7 Å². The predicted molar refractivity (Wildman–Crippen MR) is 149 cm³/mol. The maximum atomic E-state index is 13.6. The van der Waals surface area contributed by atoms with Gasteiger partial charge in [0, 0.05) is 25.9 Å². The molecule has 0 fully saturated rings. The molecule has 174 valence electrons. The van der Waals surface area contributed by atoms with Gasteiger partial charge in [0.25, 0.3) is 5.91 Å². The summed E-state index contributed by atoms with van der Waals surface area (Å²) >= 11 is 5.02. The third-order valence-electron chi connectivity index (χ3n) is 6.13. The molecule has 35 heavy (non-hydrogen) atoms. The molecule has 5 rings (SSSR count). The van der Waals surface area contributed by atoms with Crippen LogP contribution in [-0.2, 0) is 0 Å². The van der Waals surface area contributed by atoms with Crippen molar-refractivity contribution in [1.29, 1.82) is 0 Å². The van der Waals surface area contributed by atoms with Crippen LogP contribution < -0.4 is 5.32 Å². The monoisotopic (exact) mass is 541 g/mol. The van der Waals surface area contributed by atoms with Gasteiger partial charge in [0.05, 0.1) is 22.5 Å². The average Bonchev–Trinajstić information content (AvgIpc) is 3.19. The van der Waals surface area contributed by atoms with Gasteiger partial charge in [-0.15, -0.1) is 11.3 Å². The van der Waals surface area contributed by atoms with Gasteiger partial charge >= 0.3 is 0 Å². The summed E-state index contributed by atoms with van der Waals surface area (Å²) in [5.41, 5.74) is 8.64. The topological polar surface area (TPSA) is 54.9 Å². The van der Waals surface area contributed by atoms with Crippen molar-refractivity contribution >= 4 is 49.2 Å². The highest BCUT2D eigenvalue weighted by molar-refractivity contribution is 9.10. The molecule has 0 saturated carbocycles. The van der Waals surface area contributed by atoms with Gasteiger partial charge in [-0.25, -0.2) is 9.97 Å². The highest BCUT2D eigenvalue weighted by Crippen LogP contribution is 2.33. The summed E-state index contributed by atoms with van der Waals surface area (Å²) in [6, 6.07) is 22.2. The molecule has 6 heteroatoms. The van der Waals surface area contributed by atoms with Gasteiger partial charge in [0.2, 0.25) is 0 Å². The number of anilines is 1. The molecule has 0 atom stereocenters. The Bertz CT molecular complexity index is 1610. The van der Waals surface area contributed by atoms with E-state index in [0.717, 1.165) is 48.3 Å². The summed E-state index contributed by atoms with van der Waals surface area (Å²) in [6.07, 6.45) is 0. The van der Waals surface area contributed by atoms with Crippen molar-refractivity contribution in [3.8, 4) is 22.5 Å². The summed E-state index contributed by atoms with van der Waals surface area (Å²) in [7, 11) is 0. The maximum Gasteiger partial charge on any atom is 0.258 e. The van der Waals surface area contributed by atoms with E-state index in [9.17, 15) is 4.79 Å². The minimum Gasteiger partial charge on any atom is -0.298 e. The Balaban J connectivity index is 1.54. The number of amides is 1. The summed E-state index contributed by atoms with van der Waals surface area (Å²) in [5, 5.41) is 4.41. The van der Waals surface area contributed by atoms with Crippen LogP contribution >= 0.6 is 27.3 Å². The second kappa shape index (κ2) is 9.36. The molecular weight excluding hydrogens is 518 g/mol. The minimum atomic E-state index is -0.204. The van der Waals surface area contributed by atoms with Crippen LogP contribution in [0, 0.1) is 27.7 Å². The Morgan fingerprint density at radius 3 is 2.46 bits per heavy atom. The van der Waals surface area contributed by atoms with E-state index in [4.69, 9.17) is 9.97 Å². The highest BCUT2D eigenvalue weighted by Gasteiger charge is 2.18. The van der Waals surface area contributed by atoms with Crippen molar-refractivity contribution in [1.82, 2.24) is 9.97 Å². The zero-order valence-corrected chi connectivity index (χ0v) is 22.3. The normalized spacial score (nSPS) is 11.1. The van der Waals surface area contributed by atoms with E-state index < -0.39 is 0 Å². The molecule has 0 aliphatic carbocycles. The number of thiazole rings is 1. The fourth-order valence-corrected chi connectivity index (χ4v) is 5.30. The number of fused-ring (bicyclic) bond motifs is 1. The number of pyridine rings is 1. The first-order chi connectivity index (χ1) is 16.8. The number of carbonyl (C=O) groups excluding carboxylic acids is 1. The van der Waals surface area contributed by atoms with Crippen molar-refractivity contribution in [3.63, 3.8) is 0 Å². The summed E-state index contributed by atoms with van der Waals surface area (Å²) < 4.78 is 0.895. The molecule has 2 aromatic heterocycles. The SMILES string of the molecule is Cc1cccc(-c2cc(C(=O)Nc3nc(-c4ccc(C)c(C)c4)c(C)s3)c3cc(Br)ccc3n2)c1. The van der Waals surface area contributed by atoms with E-state index in [1.54, 1.807) is 0 Å². The van der Waals surface area contributed by atoms with E-state index in [2.05, 4.69) is 59.4 Å². The molecule has 1 amide bonds. The molecule has 1 N–H and O–H groups in total. The van der Waals surface area contributed by atoms with Crippen LogP contribution in [-0.4, -0.2) is 15.9 Å². The van der Waals surface area contributed by atoms with Gasteiger partial charge < -0.3 is 0 Å². The molecule has 0 saturated heterocycles. The first-order valence-corrected chi connectivity index (χ1v) is 12.9. The fraction of sp³-hybridized carbons (Fsp3) is 0.138. The van der Waals surface area contributed by atoms with E-state index in [-0.39, 0.29) is 5.91 Å². The molecule has 0 unspecified atom stereocenters. The van der Waals surface area contributed by atoms with E-state index in [1.165, 1.54) is 22.5 Å². The second-order valence-corrected chi connectivity index (χ2v) is 10.9. The number of halogens is 1. The Morgan fingerprint density at radius 2 is 1.69 bits per heavy atom. The van der Waals surface area contributed by atoms with Crippen molar-refractivity contribution < 1.29 is 4.79 Å². The molecule has 4 nitrogen and oxygen atoms in total. The molecule has 0 radical (unpaired) electrons. The smallest absolute Gasteiger partial charge is 0.258 e. The lowest BCUT2D eigenvalue weighted by Crippen LogP contribution is -2.13. The Kier molecular flexibility index (Phi) is 6.26. The Labute approximate surface area is 217 Å². The van der Waals surface area contributed by atoms with Gasteiger partial charge in [-0.05, 0) is 75.2 Å². The lowest BCUT2D eigenvalue weighted by Gasteiger charge is -2.10. The number of carbonyl (C=O) groups is 1. The Hall–Kier alpha value is -3.35. The van der Waals surface area contributed by atoms with E-state index in [1.807, 2.05) is 56.3 Å². The fourth-order valence-electron chi connectivity index (χ4n) is 4.11. The van der Waals surface area contributed by atoms with Crippen molar-refractivity contribution in [3.05, 3.63) is 98.3 Å². The van der Waals surface area contributed by atoms with Crippen LogP contribution in [0.3, 0.4) is 0 Å². The van der Waals surface area contributed by atoms with Crippen LogP contribution in [0.1, 0.15) is 31.9 Å². The van der Waals surface area contributed by atoms with Crippen LogP contribution in [0.15, 0.2) is 71.2 Å². The number of rotatable bonds is 4. The van der Waals surface area contributed by atoms with E-state index >= 15 is 0 Å². The number of hydrogen-bond acceptors (Lipinski definition) is 4. The Morgan fingerprint density at radius 1 is 0.857 bits per heavy atom. The highest BCUT2D eigenvalue weighted by atomic mass is 79.9.